The van der Waals surface area contributed by atoms with E-state index in [-0.39, 0.29) is 12.4 Å². The average Bonchev–Trinajstić information content (AvgIpc) is 1.69. The lowest BCUT2D eigenvalue weighted by Crippen LogP contribution is -1.89. The standard InChI is InChI=1S/C4H9N.C2H7N.ClH/c1-3-4(2)5;1-3-2;/h5H,3H2,1-2H3;3H,1-2H3;1H. The van der Waals surface area contributed by atoms with E-state index in [0.717, 1.165) is 12.1 Å². The lowest BCUT2D eigenvalue weighted by molar-refractivity contribution is 1.02. The Morgan fingerprint density at radius 3 is 1.56 bits per heavy atom. The van der Waals surface area contributed by atoms with E-state index >= 15 is 0 Å². The van der Waals surface area contributed by atoms with Crippen LogP contribution in [-0.4, -0.2) is 19.8 Å². The number of hydrogen-bond acceptors (Lipinski definition) is 2. The minimum atomic E-state index is 0. The van der Waals surface area contributed by atoms with Gasteiger partial charge in [0.25, 0.3) is 0 Å². The van der Waals surface area contributed by atoms with E-state index in [4.69, 9.17) is 5.41 Å². The first-order valence-corrected chi connectivity index (χ1v) is 2.81. The zero-order chi connectivity index (χ0) is 6.99. The maximum atomic E-state index is 6.74. The van der Waals surface area contributed by atoms with Gasteiger partial charge in [0, 0.05) is 5.71 Å². The summed E-state index contributed by atoms with van der Waals surface area (Å²) in [5.74, 6) is 0. The topological polar surface area (TPSA) is 35.9 Å². The van der Waals surface area contributed by atoms with Crippen molar-refractivity contribution in [3.63, 3.8) is 0 Å². The van der Waals surface area contributed by atoms with Gasteiger partial charge < -0.3 is 10.7 Å². The normalized spacial score (nSPS) is 6.22. The van der Waals surface area contributed by atoms with Crippen LogP contribution in [0.3, 0.4) is 0 Å². The van der Waals surface area contributed by atoms with E-state index in [2.05, 4.69) is 5.32 Å². The summed E-state index contributed by atoms with van der Waals surface area (Å²) < 4.78 is 0. The van der Waals surface area contributed by atoms with Crippen LogP contribution in [0.4, 0.5) is 0 Å². The molecule has 0 aliphatic heterocycles. The van der Waals surface area contributed by atoms with Gasteiger partial charge in [-0.2, -0.15) is 0 Å². The Morgan fingerprint density at radius 1 is 1.44 bits per heavy atom. The molecular formula is C6H17ClN2. The Morgan fingerprint density at radius 2 is 1.56 bits per heavy atom. The molecule has 0 amide bonds. The first-order valence-electron chi connectivity index (χ1n) is 2.81. The third-order valence-corrected chi connectivity index (χ3v) is 0.530. The molecule has 0 unspecified atom stereocenters. The molecule has 0 heterocycles. The molecule has 0 saturated heterocycles. The fraction of sp³-hybridized carbons (Fsp3) is 0.833. The van der Waals surface area contributed by atoms with E-state index in [9.17, 15) is 0 Å². The van der Waals surface area contributed by atoms with Crippen molar-refractivity contribution in [3.05, 3.63) is 0 Å². The predicted molar refractivity (Wildman–Crippen MR) is 45.9 cm³/mol. The highest BCUT2D eigenvalue weighted by Crippen LogP contribution is 1.72. The van der Waals surface area contributed by atoms with Gasteiger partial charge in [0.2, 0.25) is 0 Å². The zero-order valence-corrected chi connectivity index (χ0v) is 7.43. The van der Waals surface area contributed by atoms with Gasteiger partial charge >= 0.3 is 0 Å². The summed E-state index contributed by atoms with van der Waals surface area (Å²) in [5, 5.41) is 9.49. The first kappa shape index (κ1) is 16.0. The second kappa shape index (κ2) is 15.7. The molecule has 3 heteroatoms. The largest absolute Gasteiger partial charge is 0.323 e. The third-order valence-electron chi connectivity index (χ3n) is 0.530. The minimum absolute atomic E-state index is 0. The fourth-order valence-electron chi connectivity index (χ4n) is 0. The second-order valence-corrected chi connectivity index (χ2v) is 1.63. The van der Waals surface area contributed by atoms with E-state index in [1.807, 2.05) is 21.0 Å². The van der Waals surface area contributed by atoms with Crippen LogP contribution in [0.15, 0.2) is 0 Å². The van der Waals surface area contributed by atoms with Crippen LogP contribution in [0.5, 0.6) is 0 Å². The first-order chi connectivity index (χ1) is 3.68. The quantitative estimate of drug-likeness (QED) is 0.552. The summed E-state index contributed by atoms with van der Waals surface area (Å²) in [6.07, 6.45) is 0.889. The highest BCUT2D eigenvalue weighted by atomic mass is 35.5. The second-order valence-electron chi connectivity index (χ2n) is 1.63. The number of nitrogens with one attached hydrogen (secondary N) is 2. The van der Waals surface area contributed by atoms with Crippen molar-refractivity contribution in [2.75, 3.05) is 14.1 Å². The van der Waals surface area contributed by atoms with Crippen LogP contribution in [0.2, 0.25) is 0 Å². The van der Waals surface area contributed by atoms with E-state index in [0.29, 0.717) is 0 Å². The summed E-state index contributed by atoms with van der Waals surface area (Å²) in [6, 6.07) is 0. The molecule has 0 bridgehead atoms. The van der Waals surface area contributed by atoms with Crippen LogP contribution in [0, 0.1) is 5.41 Å². The van der Waals surface area contributed by atoms with Crippen molar-refractivity contribution in [2.24, 2.45) is 0 Å². The van der Waals surface area contributed by atoms with Gasteiger partial charge in [0.1, 0.15) is 0 Å². The Balaban J connectivity index is -0.0000000800. The summed E-state index contributed by atoms with van der Waals surface area (Å²) in [6.45, 7) is 3.78. The van der Waals surface area contributed by atoms with Crippen molar-refractivity contribution in [1.29, 1.82) is 5.41 Å². The molecule has 0 fully saturated rings. The molecule has 2 N–H and O–H groups in total. The van der Waals surface area contributed by atoms with E-state index in [1.54, 1.807) is 6.92 Å². The van der Waals surface area contributed by atoms with Crippen molar-refractivity contribution < 1.29 is 0 Å². The van der Waals surface area contributed by atoms with Crippen molar-refractivity contribution in [3.8, 4) is 0 Å². The highest BCUT2D eigenvalue weighted by Gasteiger charge is 1.70. The van der Waals surface area contributed by atoms with E-state index in [1.165, 1.54) is 0 Å². The van der Waals surface area contributed by atoms with Crippen LogP contribution < -0.4 is 5.32 Å². The number of halogens is 1. The Hall–Kier alpha value is -0.0800. The lowest BCUT2D eigenvalue weighted by atomic mass is 10.3. The molecule has 0 aromatic rings. The Kier molecular flexibility index (Phi) is 27.8. The number of hydrogen-bond donors (Lipinski definition) is 2. The van der Waals surface area contributed by atoms with E-state index < -0.39 is 0 Å². The SMILES string of the molecule is CCC(C)=N.CNC.Cl. The monoisotopic (exact) mass is 152 g/mol. The number of rotatable bonds is 1. The molecule has 0 aromatic carbocycles. The maximum absolute atomic E-state index is 6.74. The van der Waals surface area contributed by atoms with Crippen LogP contribution in [-0.2, 0) is 0 Å². The highest BCUT2D eigenvalue weighted by molar-refractivity contribution is 5.85. The molecule has 0 atom stereocenters. The molecule has 9 heavy (non-hydrogen) atoms. The van der Waals surface area contributed by atoms with Crippen LogP contribution in [0.1, 0.15) is 20.3 Å². The summed E-state index contributed by atoms with van der Waals surface area (Å²) in [5.41, 5.74) is 0.755. The van der Waals surface area contributed by atoms with Gasteiger partial charge in [0.05, 0.1) is 0 Å². The molecule has 0 aliphatic rings. The fourth-order valence-corrected chi connectivity index (χ4v) is 0. The Labute approximate surface area is 64.0 Å². The average molecular weight is 153 g/mol. The molecule has 2 nitrogen and oxygen atoms in total. The van der Waals surface area contributed by atoms with Gasteiger partial charge in [-0.25, -0.2) is 0 Å². The van der Waals surface area contributed by atoms with Gasteiger partial charge in [-0.15, -0.1) is 12.4 Å². The predicted octanol–water partition coefficient (Wildman–Crippen LogP) is 1.69. The van der Waals surface area contributed by atoms with Gasteiger partial charge in [0.15, 0.2) is 0 Å². The van der Waals surface area contributed by atoms with Crippen LogP contribution in [0.25, 0.3) is 0 Å². The molecule has 0 radical (unpaired) electrons. The molecule has 0 aliphatic carbocycles. The molecule has 0 spiro atoms. The zero-order valence-electron chi connectivity index (χ0n) is 6.62. The van der Waals surface area contributed by atoms with Gasteiger partial charge in [-0.1, -0.05) is 6.92 Å². The maximum Gasteiger partial charge on any atom is 0.00554 e. The van der Waals surface area contributed by atoms with Crippen LogP contribution >= 0.6 is 12.4 Å². The lowest BCUT2D eigenvalue weighted by Gasteiger charge is -1.77. The molecule has 0 rings (SSSR count). The molecule has 58 valence electrons. The smallest absolute Gasteiger partial charge is 0.00554 e. The summed E-state index contributed by atoms with van der Waals surface area (Å²) in [7, 11) is 3.75. The molecule has 0 aromatic heterocycles. The van der Waals surface area contributed by atoms with Crippen molar-refractivity contribution in [1.82, 2.24) is 5.32 Å². The minimum Gasteiger partial charge on any atom is -0.323 e. The van der Waals surface area contributed by atoms with Crippen molar-refractivity contribution in [2.45, 2.75) is 20.3 Å². The summed E-state index contributed by atoms with van der Waals surface area (Å²) in [4.78, 5) is 0. The third kappa shape index (κ3) is 75.3. The molecular weight excluding hydrogens is 136 g/mol. The summed E-state index contributed by atoms with van der Waals surface area (Å²) >= 11 is 0. The van der Waals surface area contributed by atoms with Crippen molar-refractivity contribution >= 4 is 18.1 Å². The Bertz CT molecular complexity index is 55.0. The van der Waals surface area contributed by atoms with Gasteiger partial charge in [-0.05, 0) is 27.4 Å². The molecule has 0 saturated carbocycles. The van der Waals surface area contributed by atoms with Gasteiger partial charge in [-0.3, -0.25) is 0 Å².